The van der Waals surface area contributed by atoms with Crippen LogP contribution in [0.2, 0.25) is 0 Å². The van der Waals surface area contributed by atoms with Gasteiger partial charge in [-0.15, -0.1) is 0 Å². The second kappa shape index (κ2) is 5.72. The molecule has 27 heavy (non-hydrogen) atoms. The quantitative estimate of drug-likeness (QED) is 0.848. The maximum atomic E-state index is 13.3. The van der Waals surface area contributed by atoms with E-state index < -0.39 is 6.04 Å². The summed E-state index contributed by atoms with van der Waals surface area (Å²) in [6, 6.07) is 13.3. The van der Waals surface area contributed by atoms with Gasteiger partial charge in [-0.2, -0.15) is 0 Å². The number of carbonyl (C=O) groups is 2. The fourth-order valence-electron chi connectivity index (χ4n) is 4.31. The van der Waals surface area contributed by atoms with Crippen molar-refractivity contribution in [1.82, 2.24) is 25.3 Å². The summed E-state index contributed by atoms with van der Waals surface area (Å²) in [5, 5.41) is 8.78. The molecular weight excluding hydrogens is 342 g/mol. The zero-order valence-electron chi connectivity index (χ0n) is 15.2. The van der Waals surface area contributed by atoms with Crippen LogP contribution < -0.4 is 10.6 Å². The Morgan fingerprint density at radius 2 is 1.85 bits per heavy atom. The number of urea groups is 1. The van der Waals surface area contributed by atoms with Gasteiger partial charge >= 0.3 is 6.03 Å². The van der Waals surface area contributed by atoms with E-state index in [4.69, 9.17) is 0 Å². The normalized spacial score (nSPS) is 27.0. The highest BCUT2D eigenvalue weighted by molar-refractivity contribution is 6.01. The summed E-state index contributed by atoms with van der Waals surface area (Å²) in [5.74, 6) is -0.168. The molecule has 0 aliphatic carbocycles. The van der Waals surface area contributed by atoms with Crippen molar-refractivity contribution in [2.75, 3.05) is 7.05 Å². The van der Waals surface area contributed by atoms with Gasteiger partial charge in [0.2, 0.25) is 0 Å². The Morgan fingerprint density at radius 3 is 2.70 bits per heavy atom. The summed E-state index contributed by atoms with van der Waals surface area (Å²) < 4.78 is 0. The van der Waals surface area contributed by atoms with Crippen molar-refractivity contribution in [2.24, 2.45) is 0 Å². The molecule has 3 aliphatic heterocycles. The van der Waals surface area contributed by atoms with Gasteiger partial charge in [0, 0.05) is 18.9 Å². The van der Waals surface area contributed by atoms with Gasteiger partial charge < -0.3 is 15.1 Å². The van der Waals surface area contributed by atoms with Crippen molar-refractivity contribution in [3.05, 3.63) is 59.9 Å². The molecule has 2 saturated heterocycles. The van der Waals surface area contributed by atoms with Crippen LogP contribution >= 0.6 is 0 Å². The van der Waals surface area contributed by atoms with Crippen LogP contribution in [0.1, 0.15) is 12.5 Å². The molecule has 2 N–H and O–H groups in total. The fraction of sp³-hybridized carbons (Fsp3) is 0.300. The number of imide groups is 1. The molecule has 2 aromatic carbocycles. The molecule has 3 heterocycles. The minimum Gasteiger partial charge on any atom is -0.355 e. The first-order valence-corrected chi connectivity index (χ1v) is 9.08. The van der Waals surface area contributed by atoms with Gasteiger partial charge in [0.05, 0.1) is 6.54 Å². The SMILES string of the molecule is CC1=CN2C(N1)NC1C2C(=O)N(Cc2cccc3ccccc23)C(=O)N1C. The Balaban J connectivity index is 1.51. The molecule has 2 fully saturated rings. The predicted octanol–water partition coefficient (Wildman–Crippen LogP) is 1.58. The van der Waals surface area contributed by atoms with Crippen molar-refractivity contribution >= 4 is 22.7 Å². The number of likely N-dealkylation sites (N-methyl/N-ethyl adjacent to an activating group) is 1. The van der Waals surface area contributed by atoms with Gasteiger partial charge in [-0.1, -0.05) is 42.5 Å². The number of carbonyl (C=O) groups excluding carboxylic acids is 2. The van der Waals surface area contributed by atoms with Gasteiger partial charge in [-0.25, -0.2) is 4.79 Å². The van der Waals surface area contributed by atoms with E-state index in [1.54, 1.807) is 11.9 Å². The minimum atomic E-state index is -0.433. The van der Waals surface area contributed by atoms with E-state index >= 15 is 0 Å². The molecule has 3 amide bonds. The number of hydrogen-bond acceptors (Lipinski definition) is 5. The molecule has 0 saturated carbocycles. The Kier molecular flexibility index (Phi) is 3.42. The third-order valence-corrected chi connectivity index (χ3v) is 5.63. The summed E-state index contributed by atoms with van der Waals surface area (Å²) in [7, 11) is 1.74. The predicted molar refractivity (Wildman–Crippen MR) is 101 cm³/mol. The van der Waals surface area contributed by atoms with Gasteiger partial charge in [0.1, 0.15) is 12.2 Å². The lowest BCUT2D eigenvalue weighted by molar-refractivity contribution is -0.137. The number of fused-ring (bicyclic) bond motifs is 4. The molecule has 3 atom stereocenters. The summed E-state index contributed by atoms with van der Waals surface area (Å²) in [6.07, 6.45) is 1.45. The first-order valence-electron chi connectivity index (χ1n) is 9.08. The molecule has 0 spiro atoms. The summed E-state index contributed by atoms with van der Waals surface area (Å²) >= 11 is 0. The van der Waals surface area contributed by atoms with Gasteiger partial charge in [-0.05, 0) is 23.3 Å². The van der Waals surface area contributed by atoms with Crippen molar-refractivity contribution < 1.29 is 9.59 Å². The summed E-state index contributed by atoms with van der Waals surface area (Å²) in [6.45, 7) is 2.23. The average Bonchev–Trinajstić information content (AvgIpc) is 3.19. The molecule has 5 rings (SSSR count). The molecule has 138 valence electrons. The number of amides is 3. The lowest BCUT2D eigenvalue weighted by Gasteiger charge is -2.40. The van der Waals surface area contributed by atoms with Gasteiger partial charge in [-0.3, -0.25) is 15.0 Å². The molecule has 2 aromatic rings. The molecule has 0 bridgehead atoms. The minimum absolute atomic E-state index is 0.156. The van der Waals surface area contributed by atoms with Crippen LogP contribution in [-0.4, -0.2) is 52.2 Å². The van der Waals surface area contributed by atoms with Crippen molar-refractivity contribution in [2.45, 2.75) is 32.0 Å². The Morgan fingerprint density at radius 1 is 1.07 bits per heavy atom. The van der Waals surface area contributed by atoms with Crippen LogP contribution in [-0.2, 0) is 11.3 Å². The molecule has 3 unspecified atom stereocenters. The maximum Gasteiger partial charge on any atom is 0.328 e. The highest BCUT2D eigenvalue weighted by atomic mass is 16.2. The van der Waals surface area contributed by atoms with E-state index in [1.807, 2.05) is 60.5 Å². The van der Waals surface area contributed by atoms with Crippen LogP contribution in [0.4, 0.5) is 4.79 Å². The van der Waals surface area contributed by atoms with E-state index in [2.05, 4.69) is 10.6 Å². The zero-order chi connectivity index (χ0) is 18.7. The van der Waals surface area contributed by atoms with Crippen LogP contribution in [0.25, 0.3) is 10.8 Å². The second-order valence-corrected chi connectivity index (χ2v) is 7.32. The molecule has 7 heteroatoms. The fourth-order valence-corrected chi connectivity index (χ4v) is 4.31. The van der Waals surface area contributed by atoms with E-state index in [0.29, 0.717) is 0 Å². The van der Waals surface area contributed by atoms with Crippen LogP contribution in [0.15, 0.2) is 54.4 Å². The number of rotatable bonds is 2. The lowest BCUT2D eigenvalue weighted by Crippen LogP contribution is -2.65. The first kappa shape index (κ1) is 16.1. The number of allylic oxidation sites excluding steroid dienone is 1. The Bertz CT molecular complexity index is 982. The zero-order valence-corrected chi connectivity index (χ0v) is 15.2. The number of nitrogens with one attached hydrogen (secondary N) is 2. The maximum absolute atomic E-state index is 13.3. The number of benzene rings is 2. The summed E-state index contributed by atoms with van der Waals surface area (Å²) in [4.78, 5) is 31.2. The third-order valence-electron chi connectivity index (χ3n) is 5.63. The standard InChI is InChI=1S/C20H21N5O2/c1-12-10-24-16-17(22-19(24)21-12)23(2)20(27)25(18(16)26)11-14-8-5-7-13-6-3-4-9-15(13)14/h3-10,16-17,19,21-22H,11H2,1-2H3. The monoisotopic (exact) mass is 363 g/mol. The third kappa shape index (κ3) is 2.31. The van der Waals surface area contributed by atoms with Crippen LogP contribution in [0, 0.1) is 0 Å². The molecule has 3 aliphatic rings. The first-order chi connectivity index (χ1) is 13.0. The number of hydrogen-bond donors (Lipinski definition) is 2. The highest BCUT2D eigenvalue weighted by Crippen LogP contribution is 2.31. The van der Waals surface area contributed by atoms with E-state index in [9.17, 15) is 9.59 Å². The molecular formula is C20H21N5O2. The smallest absolute Gasteiger partial charge is 0.328 e. The van der Waals surface area contributed by atoms with Crippen molar-refractivity contribution in [1.29, 1.82) is 0 Å². The van der Waals surface area contributed by atoms with Crippen molar-refractivity contribution in [3.8, 4) is 0 Å². The number of nitrogens with zero attached hydrogens (tertiary/aromatic N) is 3. The molecule has 0 radical (unpaired) electrons. The van der Waals surface area contributed by atoms with Crippen LogP contribution in [0.5, 0.6) is 0 Å². The average molecular weight is 363 g/mol. The Hall–Kier alpha value is -3.06. The second-order valence-electron chi connectivity index (χ2n) is 7.32. The topological polar surface area (TPSA) is 67.9 Å². The van der Waals surface area contributed by atoms with E-state index in [0.717, 1.165) is 22.0 Å². The van der Waals surface area contributed by atoms with Crippen molar-refractivity contribution in [3.63, 3.8) is 0 Å². The van der Waals surface area contributed by atoms with Gasteiger partial charge in [0.15, 0.2) is 6.29 Å². The van der Waals surface area contributed by atoms with Gasteiger partial charge in [0.25, 0.3) is 5.91 Å². The molecule has 0 aromatic heterocycles. The largest absolute Gasteiger partial charge is 0.355 e. The summed E-state index contributed by atoms with van der Waals surface area (Å²) in [5.41, 5.74) is 1.97. The van der Waals surface area contributed by atoms with E-state index in [1.165, 1.54) is 4.90 Å². The molecule has 7 nitrogen and oxygen atoms in total. The van der Waals surface area contributed by atoms with Crippen LogP contribution in [0.3, 0.4) is 0 Å². The lowest BCUT2D eigenvalue weighted by atomic mass is 10.0. The van der Waals surface area contributed by atoms with E-state index in [-0.39, 0.29) is 30.9 Å². The Labute approximate surface area is 157 Å². The highest BCUT2D eigenvalue weighted by Gasteiger charge is 2.54.